The summed E-state index contributed by atoms with van der Waals surface area (Å²) in [5.41, 5.74) is 2.87. The van der Waals surface area contributed by atoms with Crippen LogP contribution in [-0.4, -0.2) is 33.4 Å². The number of nitrogens with zero attached hydrogens (tertiary/aromatic N) is 2. The van der Waals surface area contributed by atoms with Crippen LogP contribution >= 0.6 is 0 Å². The second-order valence-corrected chi connectivity index (χ2v) is 6.82. The van der Waals surface area contributed by atoms with Crippen molar-refractivity contribution in [3.63, 3.8) is 0 Å². The maximum absolute atomic E-state index is 12.4. The zero-order valence-electron chi connectivity index (χ0n) is 14.9. The number of carbonyl (C=O) groups is 2. The molecular weight excluding hydrogens is 320 g/mol. The lowest BCUT2D eigenvalue weighted by atomic mass is 9.94. The van der Waals surface area contributed by atoms with Crippen LogP contribution in [0.1, 0.15) is 82.8 Å². The number of rotatable bonds is 6. The van der Waals surface area contributed by atoms with Gasteiger partial charge in [0, 0.05) is 36.6 Å². The maximum Gasteiger partial charge on any atom is 0.268 e. The molecule has 2 N–H and O–H groups in total. The fourth-order valence-electron chi connectivity index (χ4n) is 3.14. The topological polar surface area (TPSA) is 101 Å². The van der Waals surface area contributed by atoms with Crippen LogP contribution in [0, 0.1) is 6.92 Å². The molecule has 1 aliphatic carbocycles. The van der Waals surface area contributed by atoms with Crippen molar-refractivity contribution in [3.8, 4) is 0 Å². The molecular formula is C18H24N4O3. The third-order valence-corrected chi connectivity index (χ3v) is 4.52. The summed E-state index contributed by atoms with van der Waals surface area (Å²) in [6.07, 6.45) is 3.57. The van der Waals surface area contributed by atoms with Crippen LogP contribution in [0.2, 0.25) is 0 Å². The van der Waals surface area contributed by atoms with Gasteiger partial charge in [-0.15, -0.1) is 0 Å². The molecule has 0 bridgehead atoms. The average molecular weight is 344 g/mol. The van der Waals surface area contributed by atoms with Crippen molar-refractivity contribution in [2.45, 2.75) is 58.8 Å². The summed E-state index contributed by atoms with van der Waals surface area (Å²) in [6, 6.07) is 0. The van der Waals surface area contributed by atoms with E-state index in [1.54, 1.807) is 0 Å². The highest BCUT2D eigenvalue weighted by Crippen LogP contribution is 2.26. The van der Waals surface area contributed by atoms with E-state index in [1.807, 2.05) is 20.8 Å². The summed E-state index contributed by atoms with van der Waals surface area (Å²) in [5.74, 6) is 1.49. The van der Waals surface area contributed by atoms with Gasteiger partial charge >= 0.3 is 0 Å². The Kier molecular flexibility index (Phi) is 5.01. The zero-order valence-corrected chi connectivity index (χ0v) is 14.9. The van der Waals surface area contributed by atoms with Crippen LogP contribution in [0.5, 0.6) is 0 Å². The molecule has 2 heterocycles. The van der Waals surface area contributed by atoms with Crippen LogP contribution in [-0.2, 0) is 12.8 Å². The van der Waals surface area contributed by atoms with Crippen molar-refractivity contribution in [1.82, 2.24) is 20.4 Å². The summed E-state index contributed by atoms with van der Waals surface area (Å²) < 4.78 is 5.19. The van der Waals surface area contributed by atoms with E-state index in [2.05, 4.69) is 20.4 Å². The van der Waals surface area contributed by atoms with Gasteiger partial charge < -0.3 is 14.8 Å². The standard InChI is InChI=1S/C18H24N4O3/c1-10(2)17-21-14(25-22-17)8-5-9-19-18(24)16-11(3)15-12(20-16)6-4-7-13(15)23/h10,20H,4-9H2,1-3H3,(H,19,24). The molecule has 25 heavy (non-hydrogen) atoms. The lowest BCUT2D eigenvalue weighted by Gasteiger charge is -2.09. The van der Waals surface area contributed by atoms with Crippen molar-refractivity contribution in [2.24, 2.45) is 0 Å². The third kappa shape index (κ3) is 3.65. The van der Waals surface area contributed by atoms with Crippen LogP contribution in [0.25, 0.3) is 0 Å². The van der Waals surface area contributed by atoms with Gasteiger partial charge in [-0.05, 0) is 31.7 Å². The molecule has 0 radical (unpaired) electrons. The van der Waals surface area contributed by atoms with Crippen LogP contribution in [0.3, 0.4) is 0 Å². The molecule has 3 rings (SSSR count). The summed E-state index contributed by atoms with van der Waals surface area (Å²) in [6.45, 7) is 6.37. The van der Waals surface area contributed by atoms with Gasteiger partial charge in [0.15, 0.2) is 11.6 Å². The predicted molar refractivity (Wildman–Crippen MR) is 91.8 cm³/mol. The Morgan fingerprint density at radius 1 is 1.36 bits per heavy atom. The summed E-state index contributed by atoms with van der Waals surface area (Å²) in [4.78, 5) is 31.9. The minimum Gasteiger partial charge on any atom is -0.354 e. The highest BCUT2D eigenvalue weighted by molar-refractivity contribution is 6.04. The van der Waals surface area contributed by atoms with Gasteiger partial charge in [-0.3, -0.25) is 9.59 Å². The van der Waals surface area contributed by atoms with E-state index in [9.17, 15) is 9.59 Å². The van der Waals surface area contributed by atoms with E-state index in [0.717, 1.165) is 24.1 Å². The van der Waals surface area contributed by atoms with Gasteiger partial charge in [-0.1, -0.05) is 19.0 Å². The molecule has 0 fully saturated rings. The van der Waals surface area contributed by atoms with E-state index in [0.29, 0.717) is 48.8 Å². The Morgan fingerprint density at radius 3 is 2.84 bits per heavy atom. The number of hydrogen-bond acceptors (Lipinski definition) is 5. The molecule has 0 aromatic carbocycles. The highest BCUT2D eigenvalue weighted by Gasteiger charge is 2.26. The van der Waals surface area contributed by atoms with Crippen LogP contribution < -0.4 is 5.32 Å². The van der Waals surface area contributed by atoms with Gasteiger partial charge in [0.05, 0.1) is 0 Å². The molecule has 0 unspecified atom stereocenters. The van der Waals surface area contributed by atoms with Crippen LogP contribution in [0.15, 0.2) is 4.52 Å². The third-order valence-electron chi connectivity index (χ3n) is 4.52. The monoisotopic (exact) mass is 344 g/mol. The molecule has 0 atom stereocenters. The number of nitrogens with one attached hydrogen (secondary N) is 2. The quantitative estimate of drug-likeness (QED) is 0.785. The van der Waals surface area contributed by atoms with Gasteiger partial charge in [-0.2, -0.15) is 4.98 Å². The normalized spacial score (nSPS) is 14.0. The minimum absolute atomic E-state index is 0.131. The number of amides is 1. The molecule has 134 valence electrons. The van der Waals surface area contributed by atoms with Crippen molar-refractivity contribution >= 4 is 11.7 Å². The smallest absolute Gasteiger partial charge is 0.268 e. The van der Waals surface area contributed by atoms with Crippen molar-refractivity contribution in [2.75, 3.05) is 6.54 Å². The lowest BCUT2D eigenvalue weighted by Crippen LogP contribution is -2.25. The molecule has 0 spiro atoms. The molecule has 0 saturated carbocycles. The average Bonchev–Trinajstić information content (AvgIpc) is 3.17. The number of aromatic amines is 1. The largest absolute Gasteiger partial charge is 0.354 e. The lowest BCUT2D eigenvalue weighted by molar-refractivity contribution is 0.0946. The number of aromatic nitrogens is 3. The first kappa shape index (κ1) is 17.4. The number of fused-ring (bicyclic) bond motifs is 1. The fourth-order valence-corrected chi connectivity index (χ4v) is 3.14. The molecule has 1 aliphatic rings. The van der Waals surface area contributed by atoms with E-state index < -0.39 is 0 Å². The first-order valence-corrected chi connectivity index (χ1v) is 8.82. The Hall–Kier alpha value is -2.44. The van der Waals surface area contributed by atoms with Crippen molar-refractivity contribution < 1.29 is 14.1 Å². The molecule has 0 saturated heterocycles. The number of hydrogen-bond donors (Lipinski definition) is 2. The van der Waals surface area contributed by atoms with Gasteiger partial charge in [0.1, 0.15) is 5.69 Å². The van der Waals surface area contributed by atoms with Crippen molar-refractivity contribution in [1.29, 1.82) is 0 Å². The second-order valence-electron chi connectivity index (χ2n) is 6.82. The van der Waals surface area contributed by atoms with E-state index >= 15 is 0 Å². The Bertz CT molecular complexity index is 788. The highest BCUT2D eigenvalue weighted by atomic mass is 16.5. The molecule has 7 nitrogen and oxygen atoms in total. The van der Waals surface area contributed by atoms with E-state index in [4.69, 9.17) is 4.52 Å². The van der Waals surface area contributed by atoms with E-state index in [-0.39, 0.29) is 17.6 Å². The van der Waals surface area contributed by atoms with Gasteiger partial charge in [0.2, 0.25) is 5.89 Å². The first-order valence-electron chi connectivity index (χ1n) is 8.82. The van der Waals surface area contributed by atoms with Gasteiger partial charge in [0.25, 0.3) is 5.91 Å². The van der Waals surface area contributed by atoms with Crippen LogP contribution in [0.4, 0.5) is 0 Å². The number of ketones is 1. The van der Waals surface area contributed by atoms with Crippen molar-refractivity contribution in [3.05, 3.63) is 34.2 Å². The number of aryl methyl sites for hydroxylation is 2. The SMILES string of the molecule is Cc1c(C(=O)NCCCc2nc(C(C)C)no2)[nH]c2c1C(=O)CCC2. The summed E-state index contributed by atoms with van der Waals surface area (Å²) in [5, 5.41) is 6.81. The Morgan fingerprint density at radius 2 is 2.16 bits per heavy atom. The minimum atomic E-state index is -0.173. The fraction of sp³-hybridized carbons (Fsp3) is 0.556. The Balaban J connectivity index is 1.54. The number of Topliss-reactive ketones (excluding diaryl/α,β-unsaturated/α-hetero) is 1. The first-order chi connectivity index (χ1) is 12.0. The molecule has 2 aromatic heterocycles. The maximum atomic E-state index is 12.4. The molecule has 7 heteroatoms. The van der Waals surface area contributed by atoms with Gasteiger partial charge in [-0.25, -0.2) is 0 Å². The second kappa shape index (κ2) is 7.21. The zero-order chi connectivity index (χ0) is 18.0. The Labute approximate surface area is 146 Å². The number of carbonyl (C=O) groups excluding carboxylic acids is 2. The summed E-state index contributed by atoms with van der Waals surface area (Å²) in [7, 11) is 0. The summed E-state index contributed by atoms with van der Waals surface area (Å²) >= 11 is 0. The molecule has 1 amide bonds. The molecule has 2 aromatic rings. The number of H-pyrrole nitrogens is 1. The van der Waals surface area contributed by atoms with E-state index in [1.165, 1.54) is 0 Å². The predicted octanol–water partition coefficient (Wildman–Crippen LogP) is 2.71. The molecule has 0 aliphatic heterocycles.